The van der Waals surface area contributed by atoms with E-state index in [0.29, 0.717) is 33.9 Å². The Morgan fingerprint density at radius 1 is 0.812 bits per heavy atom. The Morgan fingerprint density at radius 2 is 1.44 bits per heavy atom. The molecule has 0 bridgehead atoms. The molecule has 3 aromatic carbocycles. The first kappa shape index (κ1) is 21.1. The zero-order chi connectivity index (χ0) is 22.7. The number of benzene rings is 3. The van der Waals surface area contributed by atoms with Gasteiger partial charge in [-0.05, 0) is 48.5 Å². The van der Waals surface area contributed by atoms with Crippen LogP contribution >= 0.6 is 0 Å². The zero-order valence-electron chi connectivity index (χ0n) is 17.8. The molecule has 0 fully saturated rings. The van der Waals surface area contributed by atoms with Crippen molar-refractivity contribution in [3.8, 4) is 11.5 Å². The molecular weight excluding hydrogens is 408 g/mol. The summed E-state index contributed by atoms with van der Waals surface area (Å²) in [6.45, 7) is 0.189. The fraction of sp³-hybridized carbons (Fsp3) is 0.160. The van der Waals surface area contributed by atoms with Gasteiger partial charge in [0, 0.05) is 30.4 Å². The quantitative estimate of drug-likeness (QED) is 0.535. The van der Waals surface area contributed by atoms with Gasteiger partial charge in [0.15, 0.2) is 0 Å². The number of hydrogen-bond acceptors (Lipinski definition) is 5. The minimum Gasteiger partial charge on any atom is -0.497 e. The molecule has 7 nitrogen and oxygen atoms in total. The van der Waals surface area contributed by atoms with Crippen LogP contribution in [0, 0.1) is 0 Å². The molecule has 0 spiro atoms. The SMILES string of the molecule is COc1ccc(C(=O)N(CCN2C(=O)c3ccccc3C2=O)c2cccc(OC)c2)cc1. The Hall–Kier alpha value is -4.13. The topological polar surface area (TPSA) is 76.2 Å². The molecule has 7 heteroatoms. The molecule has 0 saturated carbocycles. The highest BCUT2D eigenvalue weighted by molar-refractivity contribution is 6.21. The number of fused-ring (bicyclic) bond motifs is 1. The Kier molecular flexibility index (Phi) is 5.89. The fourth-order valence-corrected chi connectivity index (χ4v) is 3.66. The summed E-state index contributed by atoms with van der Waals surface area (Å²) < 4.78 is 10.5. The average Bonchev–Trinajstić information content (AvgIpc) is 3.09. The third-order valence-corrected chi connectivity index (χ3v) is 5.37. The van der Waals surface area contributed by atoms with Crippen molar-refractivity contribution in [3.05, 3.63) is 89.5 Å². The summed E-state index contributed by atoms with van der Waals surface area (Å²) >= 11 is 0. The maximum absolute atomic E-state index is 13.4. The fourth-order valence-electron chi connectivity index (χ4n) is 3.66. The maximum Gasteiger partial charge on any atom is 0.261 e. The standard InChI is InChI=1S/C25H22N2O5/c1-31-19-12-10-17(11-13-19)23(28)26(18-6-5-7-20(16-18)32-2)14-15-27-24(29)21-8-3-4-9-22(21)25(27)30/h3-13,16H,14-15H2,1-2H3. The summed E-state index contributed by atoms with van der Waals surface area (Å²) in [5.74, 6) is 0.259. The lowest BCUT2D eigenvalue weighted by Gasteiger charge is -2.25. The second-order valence-corrected chi connectivity index (χ2v) is 7.19. The molecule has 1 aliphatic heterocycles. The first-order chi connectivity index (χ1) is 15.5. The predicted octanol–water partition coefficient (Wildman–Crippen LogP) is 3.65. The highest BCUT2D eigenvalue weighted by atomic mass is 16.5. The van der Waals surface area contributed by atoms with Gasteiger partial charge in [-0.25, -0.2) is 0 Å². The van der Waals surface area contributed by atoms with Gasteiger partial charge in [-0.1, -0.05) is 18.2 Å². The summed E-state index contributed by atoms with van der Waals surface area (Å²) in [5, 5.41) is 0. The van der Waals surface area contributed by atoms with E-state index in [2.05, 4.69) is 0 Å². The number of carbonyl (C=O) groups excluding carboxylic acids is 3. The van der Waals surface area contributed by atoms with Gasteiger partial charge in [0.1, 0.15) is 11.5 Å². The third-order valence-electron chi connectivity index (χ3n) is 5.37. The minimum atomic E-state index is -0.354. The van der Waals surface area contributed by atoms with Crippen molar-refractivity contribution in [2.24, 2.45) is 0 Å². The molecule has 1 aliphatic rings. The number of nitrogens with zero attached hydrogens (tertiary/aromatic N) is 2. The largest absolute Gasteiger partial charge is 0.497 e. The van der Waals surface area contributed by atoms with Gasteiger partial charge in [0.05, 0.1) is 25.3 Å². The van der Waals surface area contributed by atoms with Crippen molar-refractivity contribution in [2.75, 3.05) is 32.2 Å². The van der Waals surface area contributed by atoms with Gasteiger partial charge in [-0.2, -0.15) is 0 Å². The highest BCUT2D eigenvalue weighted by Gasteiger charge is 2.35. The number of imide groups is 1. The van der Waals surface area contributed by atoms with E-state index in [-0.39, 0.29) is 30.8 Å². The lowest BCUT2D eigenvalue weighted by atomic mass is 10.1. The number of rotatable bonds is 7. The Balaban J connectivity index is 1.61. The lowest BCUT2D eigenvalue weighted by Crippen LogP contribution is -2.41. The molecule has 0 aliphatic carbocycles. The molecule has 3 amide bonds. The van der Waals surface area contributed by atoms with Crippen LogP contribution in [0.1, 0.15) is 31.1 Å². The van der Waals surface area contributed by atoms with E-state index in [4.69, 9.17) is 9.47 Å². The lowest BCUT2D eigenvalue weighted by molar-refractivity contribution is 0.0654. The van der Waals surface area contributed by atoms with Crippen LogP contribution < -0.4 is 14.4 Å². The van der Waals surface area contributed by atoms with Crippen LogP contribution in [0.2, 0.25) is 0 Å². The van der Waals surface area contributed by atoms with Gasteiger partial charge in [-0.15, -0.1) is 0 Å². The zero-order valence-corrected chi connectivity index (χ0v) is 17.8. The molecule has 4 rings (SSSR count). The summed E-state index contributed by atoms with van der Waals surface area (Å²) in [6.07, 6.45) is 0. The summed E-state index contributed by atoms with van der Waals surface area (Å²) in [4.78, 5) is 41.6. The average molecular weight is 430 g/mol. The summed E-state index contributed by atoms with van der Waals surface area (Å²) in [7, 11) is 3.11. The Labute approximate surface area is 185 Å². The molecule has 0 aromatic heterocycles. The predicted molar refractivity (Wildman–Crippen MR) is 119 cm³/mol. The molecule has 0 radical (unpaired) electrons. The van der Waals surface area contributed by atoms with E-state index in [1.54, 1.807) is 87.0 Å². The number of hydrogen-bond donors (Lipinski definition) is 0. The molecule has 0 atom stereocenters. The second kappa shape index (κ2) is 8.93. The van der Waals surface area contributed by atoms with E-state index in [1.165, 1.54) is 9.80 Å². The molecule has 32 heavy (non-hydrogen) atoms. The van der Waals surface area contributed by atoms with Gasteiger partial charge in [-0.3, -0.25) is 19.3 Å². The highest BCUT2D eigenvalue weighted by Crippen LogP contribution is 2.26. The monoisotopic (exact) mass is 430 g/mol. The number of amides is 3. The third kappa shape index (κ3) is 3.92. The number of anilines is 1. The Bertz CT molecular complexity index is 1140. The van der Waals surface area contributed by atoms with Crippen LogP contribution in [0.3, 0.4) is 0 Å². The normalized spacial score (nSPS) is 12.5. The molecule has 0 unspecified atom stereocenters. The van der Waals surface area contributed by atoms with Crippen molar-refractivity contribution in [3.63, 3.8) is 0 Å². The first-order valence-electron chi connectivity index (χ1n) is 10.1. The van der Waals surface area contributed by atoms with E-state index in [1.807, 2.05) is 0 Å². The van der Waals surface area contributed by atoms with Crippen LogP contribution in [0.15, 0.2) is 72.8 Å². The molecular formula is C25H22N2O5. The van der Waals surface area contributed by atoms with Gasteiger partial charge >= 0.3 is 0 Å². The summed E-state index contributed by atoms with van der Waals surface area (Å²) in [5.41, 5.74) is 1.82. The number of methoxy groups -OCH3 is 2. The van der Waals surface area contributed by atoms with Crippen molar-refractivity contribution in [1.29, 1.82) is 0 Å². The van der Waals surface area contributed by atoms with E-state index >= 15 is 0 Å². The van der Waals surface area contributed by atoms with Crippen LogP contribution in [0.25, 0.3) is 0 Å². The van der Waals surface area contributed by atoms with Gasteiger partial charge in [0.25, 0.3) is 17.7 Å². The molecule has 0 N–H and O–H groups in total. The maximum atomic E-state index is 13.4. The Morgan fingerprint density at radius 3 is 2.03 bits per heavy atom. The first-order valence-corrected chi connectivity index (χ1v) is 10.1. The number of ether oxygens (including phenoxy) is 2. The van der Waals surface area contributed by atoms with Crippen LogP contribution in [0.5, 0.6) is 11.5 Å². The van der Waals surface area contributed by atoms with Crippen molar-refractivity contribution in [1.82, 2.24) is 4.90 Å². The van der Waals surface area contributed by atoms with Crippen LogP contribution in [-0.2, 0) is 0 Å². The van der Waals surface area contributed by atoms with E-state index in [9.17, 15) is 14.4 Å². The van der Waals surface area contributed by atoms with E-state index in [0.717, 1.165) is 0 Å². The van der Waals surface area contributed by atoms with Crippen molar-refractivity contribution >= 4 is 23.4 Å². The van der Waals surface area contributed by atoms with Crippen molar-refractivity contribution < 1.29 is 23.9 Å². The van der Waals surface area contributed by atoms with Crippen LogP contribution in [-0.4, -0.2) is 49.9 Å². The molecule has 162 valence electrons. The summed E-state index contributed by atoms with van der Waals surface area (Å²) in [6, 6.07) is 20.6. The smallest absolute Gasteiger partial charge is 0.261 e. The van der Waals surface area contributed by atoms with Gasteiger partial charge in [0.2, 0.25) is 0 Å². The minimum absolute atomic E-state index is 0.0610. The number of carbonyl (C=O) groups is 3. The van der Waals surface area contributed by atoms with E-state index < -0.39 is 0 Å². The van der Waals surface area contributed by atoms with Gasteiger partial charge < -0.3 is 14.4 Å². The van der Waals surface area contributed by atoms with Crippen molar-refractivity contribution in [2.45, 2.75) is 0 Å². The van der Waals surface area contributed by atoms with Crippen LogP contribution in [0.4, 0.5) is 5.69 Å². The molecule has 1 heterocycles. The second-order valence-electron chi connectivity index (χ2n) is 7.19. The molecule has 0 saturated heterocycles. The molecule has 3 aromatic rings.